The van der Waals surface area contributed by atoms with Crippen molar-refractivity contribution in [1.29, 1.82) is 0 Å². The SMILES string of the molecule is Cc1cc(NC2=CC=CC(C=O)N=C2)cc(N2CCNCC2)c1. The van der Waals surface area contributed by atoms with Crippen LogP contribution in [0, 0.1) is 6.92 Å². The van der Waals surface area contributed by atoms with E-state index in [-0.39, 0.29) is 6.04 Å². The summed E-state index contributed by atoms with van der Waals surface area (Å²) in [5.74, 6) is 0. The second-order valence-electron chi connectivity index (χ2n) is 5.83. The monoisotopic (exact) mass is 310 g/mol. The number of piperazine rings is 1. The molecule has 5 heteroatoms. The minimum atomic E-state index is -0.389. The molecular weight excluding hydrogens is 288 g/mol. The molecule has 1 aromatic carbocycles. The van der Waals surface area contributed by atoms with Crippen molar-refractivity contribution >= 4 is 23.9 Å². The van der Waals surface area contributed by atoms with Crippen LogP contribution in [0.2, 0.25) is 0 Å². The Kier molecular flexibility index (Phi) is 4.88. The highest BCUT2D eigenvalue weighted by Crippen LogP contribution is 2.23. The molecule has 23 heavy (non-hydrogen) atoms. The van der Waals surface area contributed by atoms with Crippen molar-refractivity contribution in [3.8, 4) is 0 Å². The highest BCUT2D eigenvalue weighted by atomic mass is 16.1. The summed E-state index contributed by atoms with van der Waals surface area (Å²) in [6, 6.07) is 6.11. The lowest BCUT2D eigenvalue weighted by Gasteiger charge is -2.30. The van der Waals surface area contributed by atoms with Crippen molar-refractivity contribution in [3.05, 3.63) is 47.7 Å². The molecule has 1 aromatic rings. The number of allylic oxidation sites excluding steroid dienone is 3. The van der Waals surface area contributed by atoms with Crippen molar-refractivity contribution < 1.29 is 4.79 Å². The highest BCUT2D eigenvalue weighted by molar-refractivity contribution is 5.86. The average molecular weight is 310 g/mol. The van der Waals surface area contributed by atoms with Gasteiger partial charge in [0.05, 0.1) is 5.70 Å². The molecule has 1 unspecified atom stereocenters. The number of nitrogens with one attached hydrogen (secondary N) is 2. The Labute approximate surface area is 136 Å². The van der Waals surface area contributed by atoms with E-state index in [9.17, 15) is 4.79 Å². The highest BCUT2D eigenvalue weighted by Gasteiger charge is 2.12. The quantitative estimate of drug-likeness (QED) is 0.834. The van der Waals surface area contributed by atoms with Gasteiger partial charge in [-0.2, -0.15) is 0 Å². The number of hydrogen-bond acceptors (Lipinski definition) is 5. The molecular formula is C18H22N4O. The minimum Gasteiger partial charge on any atom is -0.369 e. The topological polar surface area (TPSA) is 56.7 Å². The molecule has 0 bridgehead atoms. The van der Waals surface area contributed by atoms with Crippen molar-refractivity contribution in [2.75, 3.05) is 36.4 Å². The second kappa shape index (κ2) is 7.24. The molecule has 1 saturated heterocycles. The van der Waals surface area contributed by atoms with Gasteiger partial charge >= 0.3 is 0 Å². The molecule has 5 nitrogen and oxygen atoms in total. The maximum atomic E-state index is 10.8. The lowest BCUT2D eigenvalue weighted by atomic mass is 10.1. The Hall–Kier alpha value is -2.40. The van der Waals surface area contributed by atoms with Crippen LogP contribution in [-0.2, 0) is 4.79 Å². The third kappa shape index (κ3) is 4.07. The lowest BCUT2D eigenvalue weighted by Crippen LogP contribution is -2.43. The molecule has 0 aliphatic carbocycles. The first-order chi connectivity index (χ1) is 11.2. The molecule has 2 aliphatic heterocycles. The molecule has 0 radical (unpaired) electrons. The van der Waals surface area contributed by atoms with Gasteiger partial charge in [-0.1, -0.05) is 12.2 Å². The number of aliphatic imine (C=N–C) groups is 1. The number of carbonyl (C=O) groups excluding carboxylic acids is 1. The van der Waals surface area contributed by atoms with Crippen molar-refractivity contribution in [2.45, 2.75) is 13.0 Å². The zero-order valence-electron chi connectivity index (χ0n) is 13.3. The Morgan fingerprint density at radius 2 is 2.13 bits per heavy atom. The van der Waals surface area contributed by atoms with Crippen LogP contribution in [0.5, 0.6) is 0 Å². The molecule has 2 N–H and O–H groups in total. The molecule has 3 rings (SSSR count). The van der Waals surface area contributed by atoms with E-state index in [4.69, 9.17) is 0 Å². The smallest absolute Gasteiger partial charge is 0.148 e. The van der Waals surface area contributed by atoms with Gasteiger partial charge in [0.25, 0.3) is 0 Å². The average Bonchev–Trinajstić information content (AvgIpc) is 2.80. The van der Waals surface area contributed by atoms with Crippen molar-refractivity contribution in [3.63, 3.8) is 0 Å². The number of benzene rings is 1. The van der Waals surface area contributed by atoms with E-state index in [1.807, 2.05) is 12.2 Å². The lowest BCUT2D eigenvalue weighted by molar-refractivity contribution is -0.108. The fourth-order valence-electron chi connectivity index (χ4n) is 2.79. The first kappa shape index (κ1) is 15.5. The van der Waals surface area contributed by atoms with Crippen LogP contribution in [-0.4, -0.2) is 44.7 Å². The number of anilines is 2. The largest absolute Gasteiger partial charge is 0.369 e. The molecule has 2 heterocycles. The summed E-state index contributed by atoms with van der Waals surface area (Å²) in [6.45, 7) is 6.20. The van der Waals surface area contributed by atoms with Crippen LogP contribution < -0.4 is 15.5 Å². The molecule has 120 valence electrons. The van der Waals surface area contributed by atoms with Gasteiger partial charge in [0.1, 0.15) is 12.3 Å². The maximum absolute atomic E-state index is 10.8. The number of hydrogen-bond donors (Lipinski definition) is 2. The molecule has 1 atom stereocenters. The predicted molar refractivity (Wildman–Crippen MR) is 95.5 cm³/mol. The first-order valence-corrected chi connectivity index (χ1v) is 7.96. The zero-order valence-corrected chi connectivity index (χ0v) is 13.3. The van der Waals surface area contributed by atoms with E-state index in [1.54, 1.807) is 12.3 Å². The van der Waals surface area contributed by atoms with Gasteiger partial charge in [-0.15, -0.1) is 0 Å². The first-order valence-electron chi connectivity index (χ1n) is 7.96. The van der Waals surface area contributed by atoms with Crippen molar-refractivity contribution in [2.24, 2.45) is 4.99 Å². The van der Waals surface area contributed by atoms with Crippen LogP contribution in [0.1, 0.15) is 5.56 Å². The summed E-state index contributed by atoms with van der Waals surface area (Å²) in [5, 5.41) is 6.76. The summed E-state index contributed by atoms with van der Waals surface area (Å²) in [4.78, 5) is 17.4. The number of aldehydes is 1. The molecule has 0 saturated carbocycles. The number of rotatable bonds is 4. The third-order valence-electron chi connectivity index (χ3n) is 3.94. The molecule has 1 fully saturated rings. The van der Waals surface area contributed by atoms with E-state index in [2.05, 4.69) is 45.6 Å². The Bertz CT molecular complexity index is 657. The van der Waals surface area contributed by atoms with Crippen LogP contribution >= 0.6 is 0 Å². The van der Waals surface area contributed by atoms with Crippen LogP contribution in [0.15, 0.2) is 47.1 Å². The van der Waals surface area contributed by atoms with Gasteiger partial charge in [0, 0.05) is 43.8 Å². The third-order valence-corrected chi connectivity index (χ3v) is 3.94. The van der Waals surface area contributed by atoms with Gasteiger partial charge < -0.3 is 20.3 Å². The van der Waals surface area contributed by atoms with Gasteiger partial charge in [0.15, 0.2) is 0 Å². The second-order valence-corrected chi connectivity index (χ2v) is 5.83. The Balaban J connectivity index is 1.77. The van der Waals surface area contributed by atoms with Gasteiger partial charge in [-0.05, 0) is 36.8 Å². The van der Waals surface area contributed by atoms with E-state index < -0.39 is 0 Å². The standard InChI is InChI=1S/C18H22N4O/c1-14-9-17(11-18(10-14)22-7-5-19-6-8-22)21-15-3-2-4-16(13-23)20-12-15/h2-4,9-13,16,19,21H,5-8H2,1H3. The number of carbonyl (C=O) groups is 1. The normalized spacial score (nSPS) is 20.8. The molecule has 2 aliphatic rings. The molecule has 0 amide bonds. The Morgan fingerprint density at radius 3 is 2.91 bits per heavy atom. The van der Waals surface area contributed by atoms with Gasteiger partial charge in [-0.3, -0.25) is 4.99 Å². The fourth-order valence-corrected chi connectivity index (χ4v) is 2.79. The summed E-state index contributed by atoms with van der Waals surface area (Å²) in [5.41, 5.74) is 4.37. The van der Waals surface area contributed by atoms with E-state index in [0.29, 0.717) is 0 Å². The van der Waals surface area contributed by atoms with E-state index in [0.717, 1.165) is 43.8 Å². The summed E-state index contributed by atoms with van der Waals surface area (Å²) in [6.07, 6.45) is 8.12. The van der Waals surface area contributed by atoms with Crippen LogP contribution in [0.4, 0.5) is 11.4 Å². The fraction of sp³-hybridized carbons (Fsp3) is 0.333. The summed E-state index contributed by atoms with van der Waals surface area (Å²) in [7, 11) is 0. The van der Waals surface area contributed by atoms with Crippen LogP contribution in [0.3, 0.4) is 0 Å². The number of aryl methyl sites for hydroxylation is 1. The summed E-state index contributed by atoms with van der Waals surface area (Å²) < 4.78 is 0. The maximum Gasteiger partial charge on any atom is 0.148 e. The molecule has 0 aromatic heterocycles. The van der Waals surface area contributed by atoms with Gasteiger partial charge in [-0.25, -0.2) is 0 Å². The van der Waals surface area contributed by atoms with Gasteiger partial charge in [0.2, 0.25) is 0 Å². The van der Waals surface area contributed by atoms with Crippen LogP contribution in [0.25, 0.3) is 0 Å². The summed E-state index contributed by atoms with van der Waals surface area (Å²) >= 11 is 0. The Morgan fingerprint density at radius 1 is 1.30 bits per heavy atom. The van der Waals surface area contributed by atoms with E-state index in [1.165, 1.54) is 11.3 Å². The van der Waals surface area contributed by atoms with E-state index >= 15 is 0 Å². The van der Waals surface area contributed by atoms with Crippen molar-refractivity contribution in [1.82, 2.24) is 5.32 Å². The number of nitrogens with zero attached hydrogens (tertiary/aromatic N) is 2. The predicted octanol–water partition coefficient (Wildman–Crippen LogP) is 1.91. The zero-order chi connectivity index (χ0) is 16.1. The minimum absolute atomic E-state index is 0.389. The molecule has 0 spiro atoms.